The largest absolute Gasteiger partial charge is 0.384 e. The molecule has 2 aromatic rings. The zero-order chi connectivity index (χ0) is 17.4. The number of rotatable bonds is 8. The first-order valence-corrected chi connectivity index (χ1v) is 9.11. The van der Waals surface area contributed by atoms with Crippen molar-refractivity contribution in [1.82, 2.24) is 4.98 Å². The molecule has 1 aromatic heterocycles. The number of aliphatic hydroxyl groups is 1. The third kappa shape index (κ3) is 5.62. The van der Waals surface area contributed by atoms with Crippen LogP contribution in [0.3, 0.4) is 0 Å². The molecule has 128 valence electrons. The van der Waals surface area contributed by atoms with Gasteiger partial charge in [0.2, 0.25) is 0 Å². The molecule has 1 atom stereocenters. The van der Waals surface area contributed by atoms with Crippen LogP contribution < -0.4 is 0 Å². The monoisotopic (exact) mass is 363 g/mol. The molecular formula is C20H23Cl2NO. The molecular weight excluding hydrogens is 341 g/mol. The predicted molar refractivity (Wildman–Crippen MR) is 102 cm³/mol. The molecule has 0 aliphatic heterocycles. The number of benzene rings is 1. The highest BCUT2D eigenvalue weighted by Crippen LogP contribution is 2.33. The minimum absolute atomic E-state index is 0.487. The lowest BCUT2D eigenvalue weighted by Gasteiger charge is -2.17. The van der Waals surface area contributed by atoms with Crippen LogP contribution in [0.1, 0.15) is 56.3 Å². The molecule has 1 N–H and O–H groups in total. The first-order chi connectivity index (χ1) is 11.6. The Balaban J connectivity index is 2.25. The van der Waals surface area contributed by atoms with Gasteiger partial charge in [0.25, 0.3) is 0 Å². The molecule has 0 radical (unpaired) electrons. The Morgan fingerprint density at radius 1 is 1.21 bits per heavy atom. The summed E-state index contributed by atoms with van der Waals surface area (Å²) in [6.45, 7) is 2.19. The van der Waals surface area contributed by atoms with Crippen LogP contribution in [-0.4, -0.2) is 10.1 Å². The molecule has 24 heavy (non-hydrogen) atoms. The number of unbranched alkanes of at least 4 members (excludes halogenated alkanes) is 3. The average molecular weight is 364 g/mol. The Morgan fingerprint density at radius 2 is 2.04 bits per heavy atom. The van der Waals surface area contributed by atoms with E-state index in [2.05, 4.69) is 11.9 Å². The number of aromatic nitrogens is 1. The smallest absolute Gasteiger partial charge is 0.102 e. The molecule has 1 heterocycles. The number of aliphatic hydroxyl groups excluding tert-OH is 1. The van der Waals surface area contributed by atoms with Crippen molar-refractivity contribution >= 4 is 29.3 Å². The summed E-state index contributed by atoms with van der Waals surface area (Å²) in [5, 5.41) is 11.9. The zero-order valence-corrected chi connectivity index (χ0v) is 15.4. The minimum Gasteiger partial charge on any atom is -0.384 e. The summed E-state index contributed by atoms with van der Waals surface area (Å²) in [6, 6.07) is 9.08. The van der Waals surface area contributed by atoms with Crippen LogP contribution >= 0.6 is 23.2 Å². The number of pyridine rings is 1. The molecule has 2 rings (SSSR count). The SMILES string of the molecule is CCCCCCC(=Cc1cccnc1)C(O)c1ccc(Cl)cc1Cl. The van der Waals surface area contributed by atoms with Gasteiger partial charge in [0.15, 0.2) is 0 Å². The van der Waals surface area contributed by atoms with Crippen molar-refractivity contribution in [2.75, 3.05) is 0 Å². The fourth-order valence-corrected chi connectivity index (χ4v) is 3.15. The highest BCUT2D eigenvalue weighted by molar-refractivity contribution is 6.35. The van der Waals surface area contributed by atoms with Gasteiger partial charge in [0.1, 0.15) is 6.10 Å². The molecule has 2 nitrogen and oxygen atoms in total. The van der Waals surface area contributed by atoms with Gasteiger partial charge in [-0.1, -0.05) is 67.6 Å². The van der Waals surface area contributed by atoms with Crippen molar-refractivity contribution in [3.05, 3.63) is 69.5 Å². The van der Waals surface area contributed by atoms with Crippen LogP contribution in [0, 0.1) is 0 Å². The Kier molecular flexibility index (Phi) is 7.77. The lowest BCUT2D eigenvalue weighted by atomic mass is 9.95. The standard InChI is InChI=1S/C20H23Cl2NO/c1-2-3-4-5-8-16(12-15-7-6-11-23-14-15)20(24)18-10-9-17(21)13-19(18)22/h6-7,9-14,20,24H,2-5,8H2,1H3. The van der Waals surface area contributed by atoms with Gasteiger partial charge in [-0.25, -0.2) is 0 Å². The number of hydrogen-bond acceptors (Lipinski definition) is 2. The fraction of sp³-hybridized carbons (Fsp3) is 0.350. The highest BCUT2D eigenvalue weighted by Gasteiger charge is 2.17. The molecule has 0 fully saturated rings. The van der Waals surface area contributed by atoms with Gasteiger partial charge in [0.05, 0.1) is 0 Å². The molecule has 0 spiro atoms. The topological polar surface area (TPSA) is 33.1 Å². The van der Waals surface area contributed by atoms with Crippen molar-refractivity contribution in [3.63, 3.8) is 0 Å². The van der Waals surface area contributed by atoms with Crippen molar-refractivity contribution in [1.29, 1.82) is 0 Å². The van der Waals surface area contributed by atoms with Crippen molar-refractivity contribution in [3.8, 4) is 0 Å². The normalized spacial score (nSPS) is 13.1. The third-order valence-corrected chi connectivity index (χ3v) is 4.53. The van der Waals surface area contributed by atoms with Crippen LogP contribution in [-0.2, 0) is 0 Å². The zero-order valence-electron chi connectivity index (χ0n) is 13.9. The van der Waals surface area contributed by atoms with Crippen molar-refractivity contribution < 1.29 is 5.11 Å². The summed E-state index contributed by atoms with van der Waals surface area (Å²) in [6.07, 6.45) is 10.2. The van der Waals surface area contributed by atoms with E-state index in [1.807, 2.05) is 18.2 Å². The van der Waals surface area contributed by atoms with Gasteiger partial charge in [0, 0.05) is 28.0 Å². The minimum atomic E-state index is -0.739. The van der Waals surface area contributed by atoms with Crippen LogP contribution in [0.25, 0.3) is 6.08 Å². The summed E-state index contributed by atoms with van der Waals surface area (Å²) >= 11 is 12.2. The Morgan fingerprint density at radius 3 is 2.71 bits per heavy atom. The first kappa shape index (κ1) is 19.0. The molecule has 1 unspecified atom stereocenters. The maximum atomic E-state index is 10.9. The van der Waals surface area contributed by atoms with Gasteiger partial charge in [-0.3, -0.25) is 4.98 Å². The number of nitrogens with zero attached hydrogens (tertiary/aromatic N) is 1. The van der Waals surface area contributed by atoms with Gasteiger partial charge < -0.3 is 5.11 Å². The summed E-state index contributed by atoms with van der Waals surface area (Å²) in [5.41, 5.74) is 2.61. The average Bonchev–Trinajstić information content (AvgIpc) is 2.58. The van der Waals surface area contributed by atoms with E-state index < -0.39 is 6.10 Å². The highest BCUT2D eigenvalue weighted by atomic mass is 35.5. The second-order valence-electron chi connectivity index (χ2n) is 5.88. The molecule has 0 saturated carbocycles. The predicted octanol–water partition coefficient (Wildman–Crippen LogP) is 6.48. The van der Waals surface area contributed by atoms with Crippen LogP contribution in [0.5, 0.6) is 0 Å². The van der Waals surface area contributed by atoms with Crippen LogP contribution in [0.4, 0.5) is 0 Å². The molecule has 4 heteroatoms. The van der Waals surface area contributed by atoms with E-state index in [9.17, 15) is 5.11 Å². The number of hydrogen-bond donors (Lipinski definition) is 1. The van der Waals surface area contributed by atoms with Gasteiger partial charge >= 0.3 is 0 Å². The lowest BCUT2D eigenvalue weighted by Crippen LogP contribution is -2.03. The Labute approximate surface area is 154 Å². The van der Waals surface area contributed by atoms with E-state index in [1.165, 1.54) is 12.8 Å². The van der Waals surface area contributed by atoms with Gasteiger partial charge in [-0.05, 0) is 42.2 Å². The summed E-state index contributed by atoms with van der Waals surface area (Å²) in [7, 11) is 0. The lowest BCUT2D eigenvalue weighted by molar-refractivity contribution is 0.212. The van der Waals surface area contributed by atoms with Gasteiger partial charge in [-0.15, -0.1) is 0 Å². The maximum Gasteiger partial charge on any atom is 0.102 e. The third-order valence-electron chi connectivity index (χ3n) is 3.96. The van der Waals surface area contributed by atoms with E-state index in [-0.39, 0.29) is 0 Å². The molecule has 0 bridgehead atoms. The quantitative estimate of drug-likeness (QED) is 0.544. The second kappa shape index (κ2) is 9.83. The second-order valence-corrected chi connectivity index (χ2v) is 6.73. The van der Waals surface area contributed by atoms with Crippen molar-refractivity contribution in [2.45, 2.75) is 45.1 Å². The molecule has 0 amide bonds. The summed E-state index contributed by atoms with van der Waals surface area (Å²) in [4.78, 5) is 4.14. The fourth-order valence-electron chi connectivity index (χ4n) is 2.64. The van der Waals surface area contributed by atoms with E-state index in [4.69, 9.17) is 23.2 Å². The van der Waals surface area contributed by atoms with Crippen molar-refractivity contribution in [2.24, 2.45) is 0 Å². The Bertz CT molecular complexity index is 671. The van der Waals surface area contributed by atoms with Crippen LogP contribution in [0.2, 0.25) is 10.0 Å². The molecule has 0 saturated heterocycles. The van der Waals surface area contributed by atoms with Crippen LogP contribution in [0.15, 0.2) is 48.3 Å². The maximum absolute atomic E-state index is 10.9. The summed E-state index contributed by atoms with van der Waals surface area (Å²) < 4.78 is 0. The molecule has 0 aliphatic rings. The molecule has 1 aromatic carbocycles. The van der Waals surface area contributed by atoms with E-state index >= 15 is 0 Å². The van der Waals surface area contributed by atoms with E-state index in [0.29, 0.717) is 15.6 Å². The number of halogens is 2. The Hall–Kier alpha value is -1.35. The van der Waals surface area contributed by atoms with E-state index in [1.54, 1.807) is 30.6 Å². The van der Waals surface area contributed by atoms with Gasteiger partial charge in [-0.2, -0.15) is 0 Å². The first-order valence-electron chi connectivity index (χ1n) is 8.35. The molecule has 0 aliphatic carbocycles. The van der Waals surface area contributed by atoms with E-state index in [0.717, 1.165) is 30.4 Å². The summed E-state index contributed by atoms with van der Waals surface area (Å²) in [5.74, 6) is 0.